The van der Waals surface area contributed by atoms with Gasteiger partial charge < -0.3 is 10.1 Å². The van der Waals surface area contributed by atoms with Crippen molar-refractivity contribution in [1.29, 1.82) is 0 Å². The predicted molar refractivity (Wildman–Crippen MR) is 122 cm³/mol. The molecule has 0 unspecified atom stereocenters. The second-order valence-corrected chi connectivity index (χ2v) is 7.55. The van der Waals surface area contributed by atoms with E-state index < -0.39 is 6.09 Å². The highest BCUT2D eigenvalue weighted by Crippen LogP contribution is 2.11. The molecule has 0 saturated carbocycles. The monoisotopic (exact) mass is 399 g/mol. The number of allylic oxidation sites excluding steroid dienone is 1. The molecule has 3 aromatic rings. The molecule has 0 saturated heterocycles. The van der Waals surface area contributed by atoms with E-state index in [-0.39, 0.29) is 12.6 Å². The SMILES string of the molecule is C[C@H](/C=C/[C@H](Cc1ccccc1)NC(=O)OCc1ccccc1)Cc1ccccc1. The molecule has 0 aliphatic rings. The highest BCUT2D eigenvalue weighted by Gasteiger charge is 2.12. The Bertz CT molecular complexity index is 907. The molecular formula is C27H29NO2. The second kappa shape index (κ2) is 11.6. The number of carbonyl (C=O) groups excluding carboxylic acids is 1. The molecular weight excluding hydrogens is 370 g/mol. The fourth-order valence-corrected chi connectivity index (χ4v) is 3.33. The molecule has 0 fully saturated rings. The smallest absolute Gasteiger partial charge is 0.407 e. The standard InChI is InChI=1S/C27H29NO2/c1-22(19-23-11-5-2-6-12-23)17-18-26(20-24-13-7-3-8-14-24)28-27(29)30-21-25-15-9-4-10-16-25/h2-18,22,26H,19-21H2,1H3,(H,28,29)/b18-17+/t22-,26-/m1/s1. The van der Waals surface area contributed by atoms with Crippen molar-refractivity contribution < 1.29 is 9.53 Å². The number of alkyl carbamates (subject to hydrolysis) is 1. The lowest BCUT2D eigenvalue weighted by Gasteiger charge is -2.16. The minimum absolute atomic E-state index is 0.131. The molecule has 0 aliphatic heterocycles. The number of rotatable bonds is 9. The third-order valence-electron chi connectivity index (χ3n) is 4.89. The number of benzene rings is 3. The summed E-state index contributed by atoms with van der Waals surface area (Å²) >= 11 is 0. The molecule has 1 N–H and O–H groups in total. The summed E-state index contributed by atoms with van der Waals surface area (Å²) in [5.74, 6) is 0.368. The molecule has 0 aliphatic carbocycles. The molecule has 3 nitrogen and oxygen atoms in total. The average molecular weight is 400 g/mol. The van der Waals surface area contributed by atoms with E-state index in [4.69, 9.17) is 4.74 Å². The fraction of sp³-hybridized carbons (Fsp3) is 0.222. The zero-order chi connectivity index (χ0) is 21.0. The normalized spacial score (nSPS) is 13.0. The van der Waals surface area contributed by atoms with Gasteiger partial charge in [0.25, 0.3) is 0 Å². The Balaban J connectivity index is 1.59. The maximum absolute atomic E-state index is 12.4. The summed E-state index contributed by atoms with van der Waals surface area (Å²) in [6.45, 7) is 2.45. The first kappa shape index (κ1) is 21.4. The third kappa shape index (κ3) is 7.59. The van der Waals surface area contributed by atoms with E-state index in [9.17, 15) is 4.79 Å². The Hall–Kier alpha value is -3.33. The number of hydrogen-bond acceptors (Lipinski definition) is 2. The zero-order valence-electron chi connectivity index (χ0n) is 17.4. The summed E-state index contributed by atoms with van der Waals surface area (Å²) in [5.41, 5.74) is 3.45. The maximum atomic E-state index is 12.4. The third-order valence-corrected chi connectivity index (χ3v) is 4.89. The Morgan fingerprint density at radius 1 is 0.767 bits per heavy atom. The maximum Gasteiger partial charge on any atom is 0.407 e. The largest absolute Gasteiger partial charge is 0.445 e. The molecule has 0 radical (unpaired) electrons. The van der Waals surface area contributed by atoms with Gasteiger partial charge in [0.1, 0.15) is 6.61 Å². The number of hydrogen-bond donors (Lipinski definition) is 1. The van der Waals surface area contributed by atoms with Crippen LogP contribution in [0.2, 0.25) is 0 Å². The molecule has 1 amide bonds. The van der Waals surface area contributed by atoms with Crippen LogP contribution in [0.1, 0.15) is 23.6 Å². The summed E-state index contributed by atoms with van der Waals surface area (Å²) in [6, 6.07) is 30.2. The molecule has 3 aromatic carbocycles. The summed E-state index contributed by atoms with van der Waals surface area (Å²) in [7, 11) is 0. The molecule has 30 heavy (non-hydrogen) atoms. The van der Waals surface area contributed by atoms with E-state index in [1.807, 2.05) is 54.6 Å². The van der Waals surface area contributed by atoms with Crippen LogP contribution >= 0.6 is 0 Å². The van der Waals surface area contributed by atoms with Crippen molar-refractivity contribution in [2.75, 3.05) is 0 Å². The lowest BCUT2D eigenvalue weighted by molar-refractivity contribution is 0.137. The Labute approximate surface area is 179 Å². The van der Waals surface area contributed by atoms with Gasteiger partial charge in [-0.25, -0.2) is 4.79 Å². The van der Waals surface area contributed by atoms with Crippen LogP contribution in [-0.4, -0.2) is 12.1 Å². The first-order valence-electron chi connectivity index (χ1n) is 10.4. The summed E-state index contributed by atoms with van der Waals surface area (Å²) in [4.78, 5) is 12.4. The quantitative estimate of drug-likeness (QED) is 0.451. The minimum Gasteiger partial charge on any atom is -0.445 e. The van der Waals surface area contributed by atoms with E-state index in [1.54, 1.807) is 0 Å². The van der Waals surface area contributed by atoms with Crippen molar-refractivity contribution in [2.24, 2.45) is 5.92 Å². The number of carbonyl (C=O) groups is 1. The van der Waals surface area contributed by atoms with Crippen LogP contribution in [0, 0.1) is 5.92 Å². The van der Waals surface area contributed by atoms with Crippen LogP contribution in [0.25, 0.3) is 0 Å². The molecule has 0 aromatic heterocycles. The van der Waals surface area contributed by atoms with Gasteiger partial charge in [0, 0.05) is 0 Å². The van der Waals surface area contributed by atoms with Gasteiger partial charge in [0.2, 0.25) is 0 Å². The molecule has 3 rings (SSSR count). The lowest BCUT2D eigenvalue weighted by Crippen LogP contribution is -2.35. The minimum atomic E-state index is -0.403. The Morgan fingerprint density at radius 2 is 1.27 bits per heavy atom. The van der Waals surface area contributed by atoms with Crippen molar-refractivity contribution in [3.63, 3.8) is 0 Å². The van der Waals surface area contributed by atoms with Gasteiger partial charge in [-0.3, -0.25) is 0 Å². The van der Waals surface area contributed by atoms with Gasteiger partial charge in [-0.15, -0.1) is 0 Å². The van der Waals surface area contributed by atoms with Gasteiger partial charge >= 0.3 is 6.09 Å². The summed E-state index contributed by atoms with van der Waals surface area (Å²) in [5, 5.41) is 3.01. The van der Waals surface area contributed by atoms with Gasteiger partial charge in [-0.1, -0.05) is 110 Å². The van der Waals surface area contributed by atoms with E-state index in [2.05, 4.69) is 60.8 Å². The van der Waals surface area contributed by atoms with Crippen molar-refractivity contribution in [2.45, 2.75) is 32.4 Å². The van der Waals surface area contributed by atoms with Crippen molar-refractivity contribution in [1.82, 2.24) is 5.32 Å². The van der Waals surface area contributed by atoms with Crippen molar-refractivity contribution >= 4 is 6.09 Å². The van der Waals surface area contributed by atoms with Crippen LogP contribution < -0.4 is 5.32 Å². The number of amides is 1. The van der Waals surface area contributed by atoms with Gasteiger partial charge in [-0.2, -0.15) is 0 Å². The van der Waals surface area contributed by atoms with Crippen LogP contribution in [0.5, 0.6) is 0 Å². The van der Waals surface area contributed by atoms with Crippen molar-refractivity contribution in [3.8, 4) is 0 Å². The number of nitrogens with one attached hydrogen (secondary N) is 1. The van der Waals surface area contributed by atoms with Crippen molar-refractivity contribution in [3.05, 3.63) is 120 Å². The summed E-state index contributed by atoms with van der Waals surface area (Å²) < 4.78 is 5.41. The van der Waals surface area contributed by atoms with E-state index >= 15 is 0 Å². The summed E-state index contributed by atoms with van der Waals surface area (Å²) in [6.07, 6.45) is 5.55. The molecule has 0 heterocycles. The second-order valence-electron chi connectivity index (χ2n) is 7.55. The predicted octanol–water partition coefficient (Wildman–Crippen LogP) is 5.96. The Morgan fingerprint density at radius 3 is 1.83 bits per heavy atom. The Kier molecular flexibility index (Phi) is 8.28. The molecule has 0 spiro atoms. The zero-order valence-corrected chi connectivity index (χ0v) is 17.4. The van der Waals surface area contributed by atoms with E-state index in [0.717, 1.165) is 18.4 Å². The van der Waals surface area contributed by atoms with E-state index in [1.165, 1.54) is 11.1 Å². The highest BCUT2D eigenvalue weighted by molar-refractivity contribution is 5.68. The molecule has 3 heteroatoms. The first-order valence-corrected chi connectivity index (χ1v) is 10.4. The van der Waals surface area contributed by atoms with E-state index in [0.29, 0.717) is 5.92 Å². The van der Waals surface area contributed by atoms with Crippen LogP contribution in [0.4, 0.5) is 4.79 Å². The first-order chi connectivity index (χ1) is 14.7. The molecule has 2 atom stereocenters. The molecule has 154 valence electrons. The topological polar surface area (TPSA) is 38.3 Å². The molecule has 0 bridgehead atoms. The van der Waals surface area contributed by atoms with Gasteiger partial charge in [0.05, 0.1) is 6.04 Å². The number of ether oxygens (including phenoxy) is 1. The fourth-order valence-electron chi connectivity index (χ4n) is 3.33. The van der Waals surface area contributed by atoms with Gasteiger partial charge in [-0.05, 0) is 35.4 Å². The van der Waals surface area contributed by atoms with Crippen LogP contribution in [0.15, 0.2) is 103 Å². The van der Waals surface area contributed by atoms with Crippen LogP contribution in [-0.2, 0) is 24.2 Å². The van der Waals surface area contributed by atoms with Gasteiger partial charge in [0.15, 0.2) is 0 Å². The highest BCUT2D eigenvalue weighted by atomic mass is 16.5. The lowest BCUT2D eigenvalue weighted by atomic mass is 9.98. The average Bonchev–Trinajstić information content (AvgIpc) is 2.78. The van der Waals surface area contributed by atoms with Crippen LogP contribution in [0.3, 0.4) is 0 Å².